The maximum absolute atomic E-state index is 3.52. The molecule has 0 saturated carbocycles. The molecule has 0 aliphatic rings. The Labute approximate surface area is 114 Å². The van der Waals surface area contributed by atoms with Gasteiger partial charge in [0.05, 0.1) is 0 Å². The van der Waals surface area contributed by atoms with Gasteiger partial charge in [-0.15, -0.1) is 11.3 Å². The van der Waals surface area contributed by atoms with Crippen LogP contribution in [0.2, 0.25) is 0 Å². The monoisotopic (exact) mass is 259 g/mol. The second-order valence-electron chi connectivity index (χ2n) is 4.72. The summed E-state index contributed by atoms with van der Waals surface area (Å²) in [5.74, 6) is 0. The van der Waals surface area contributed by atoms with E-state index in [-0.39, 0.29) is 0 Å². The Hall–Kier alpha value is -1.12. The van der Waals surface area contributed by atoms with Crippen LogP contribution in [-0.2, 0) is 13.0 Å². The predicted molar refractivity (Wildman–Crippen MR) is 80.3 cm³/mol. The molecule has 96 valence electrons. The van der Waals surface area contributed by atoms with Crippen LogP contribution in [0, 0.1) is 13.8 Å². The summed E-state index contributed by atoms with van der Waals surface area (Å²) in [5.41, 5.74) is 2.85. The highest BCUT2D eigenvalue weighted by atomic mass is 32.1. The summed E-state index contributed by atoms with van der Waals surface area (Å²) >= 11 is 1.91. The molecule has 2 heteroatoms. The Kier molecular flexibility index (Phi) is 4.97. The summed E-state index contributed by atoms with van der Waals surface area (Å²) in [5, 5.41) is 3.52. The number of thiophene rings is 1. The third-order valence-corrected chi connectivity index (χ3v) is 4.33. The van der Waals surface area contributed by atoms with E-state index >= 15 is 0 Å². The zero-order valence-corrected chi connectivity index (χ0v) is 12.0. The maximum Gasteiger partial charge on any atom is 0.0299 e. The van der Waals surface area contributed by atoms with Gasteiger partial charge in [-0.3, -0.25) is 0 Å². The normalized spacial score (nSPS) is 10.8. The summed E-state index contributed by atoms with van der Waals surface area (Å²) in [6.07, 6.45) is 2.36. The minimum atomic E-state index is 1.01. The molecular weight excluding hydrogens is 238 g/mol. The summed E-state index contributed by atoms with van der Waals surface area (Å²) in [6.45, 7) is 6.47. The van der Waals surface area contributed by atoms with Crippen molar-refractivity contribution in [2.75, 3.05) is 6.54 Å². The van der Waals surface area contributed by atoms with Crippen LogP contribution in [0.15, 0.2) is 36.4 Å². The van der Waals surface area contributed by atoms with Crippen molar-refractivity contribution in [3.8, 4) is 0 Å². The average molecular weight is 259 g/mol. The lowest BCUT2D eigenvalue weighted by atomic mass is 10.1. The summed E-state index contributed by atoms with van der Waals surface area (Å²) < 4.78 is 0. The summed E-state index contributed by atoms with van der Waals surface area (Å²) in [7, 11) is 0. The fourth-order valence-corrected chi connectivity index (χ4v) is 3.03. The van der Waals surface area contributed by atoms with E-state index in [2.05, 4.69) is 55.6 Å². The molecule has 0 radical (unpaired) electrons. The number of rotatable bonds is 6. The molecule has 18 heavy (non-hydrogen) atoms. The molecule has 0 spiro atoms. The molecule has 1 aromatic carbocycles. The quantitative estimate of drug-likeness (QED) is 0.771. The summed E-state index contributed by atoms with van der Waals surface area (Å²) in [6, 6.07) is 13.0. The second-order valence-corrected chi connectivity index (χ2v) is 6.06. The highest BCUT2D eigenvalue weighted by Gasteiger charge is 2.00. The maximum atomic E-state index is 3.52. The van der Waals surface area contributed by atoms with Crippen LogP contribution in [-0.4, -0.2) is 6.54 Å². The molecule has 1 heterocycles. The Morgan fingerprint density at radius 3 is 2.56 bits per heavy atom. The SMILES string of the molecule is Cc1cc(CNCCCc2ccccc2)sc1C. The zero-order valence-electron chi connectivity index (χ0n) is 11.2. The third kappa shape index (κ3) is 3.97. The number of hydrogen-bond acceptors (Lipinski definition) is 2. The molecular formula is C16H21NS. The van der Waals surface area contributed by atoms with Gasteiger partial charge in [0, 0.05) is 16.3 Å². The zero-order chi connectivity index (χ0) is 12.8. The fraction of sp³-hybridized carbons (Fsp3) is 0.375. The molecule has 0 saturated heterocycles. The first-order valence-electron chi connectivity index (χ1n) is 6.56. The molecule has 1 N–H and O–H groups in total. The van der Waals surface area contributed by atoms with E-state index in [0.717, 1.165) is 19.5 Å². The molecule has 0 bridgehead atoms. The van der Waals surface area contributed by atoms with E-state index < -0.39 is 0 Å². The molecule has 0 aliphatic heterocycles. The molecule has 1 aromatic heterocycles. The van der Waals surface area contributed by atoms with Crippen molar-refractivity contribution in [3.05, 3.63) is 57.3 Å². The van der Waals surface area contributed by atoms with Gasteiger partial charge < -0.3 is 5.32 Å². The number of hydrogen-bond donors (Lipinski definition) is 1. The van der Waals surface area contributed by atoms with Gasteiger partial charge >= 0.3 is 0 Å². The standard InChI is InChI=1S/C16H21NS/c1-13-11-16(18-14(13)2)12-17-10-6-9-15-7-4-3-5-8-15/h3-5,7-8,11,17H,6,9-10,12H2,1-2H3. The van der Waals surface area contributed by atoms with Crippen molar-refractivity contribution >= 4 is 11.3 Å². The van der Waals surface area contributed by atoms with Crippen LogP contribution in [0.3, 0.4) is 0 Å². The second kappa shape index (κ2) is 6.72. The minimum Gasteiger partial charge on any atom is -0.312 e. The van der Waals surface area contributed by atoms with Crippen LogP contribution >= 0.6 is 11.3 Å². The van der Waals surface area contributed by atoms with Crippen LogP contribution in [0.25, 0.3) is 0 Å². The first-order valence-corrected chi connectivity index (χ1v) is 7.38. The van der Waals surface area contributed by atoms with Crippen molar-refractivity contribution in [1.82, 2.24) is 5.32 Å². The lowest BCUT2D eigenvalue weighted by Gasteiger charge is -2.03. The van der Waals surface area contributed by atoms with E-state index in [1.165, 1.54) is 27.3 Å². The first kappa shape index (κ1) is 13.3. The molecule has 0 atom stereocenters. The topological polar surface area (TPSA) is 12.0 Å². The van der Waals surface area contributed by atoms with Crippen molar-refractivity contribution in [2.45, 2.75) is 33.2 Å². The predicted octanol–water partition coefficient (Wildman–Crippen LogP) is 4.09. The van der Waals surface area contributed by atoms with E-state index in [1.54, 1.807) is 0 Å². The van der Waals surface area contributed by atoms with Crippen molar-refractivity contribution in [2.24, 2.45) is 0 Å². The molecule has 1 nitrogen and oxygen atoms in total. The van der Waals surface area contributed by atoms with Crippen molar-refractivity contribution in [1.29, 1.82) is 0 Å². The van der Waals surface area contributed by atoms with Gasteiger partial charge in [-0.25, -0.2) is 0 Å². The molecule has 0 unspecified atom stereocenters. The molecule has 2 aromatic rings. The van der Waals surface area contributed by atoms with E-state index in [1.807, 2.05) is 11.3 Å². The van der Waals surface area contributed by atoms with E-state index in [4.69, 9.17) is 0 Å². The Balaban J connectivity index is 1.64. The molecule has 0 aliphatic carbocycles. The van der Waals surface area contributed by atoms with E-state index in [9.17, 15) is 0 Å². The average Bonchev–Trinajstić information content (AvgIpc) is 2.70. The molecule has 0 fully saturated rings. The van der Waals surface area contributed by atoms with Crippen LogP contribution < -0.4 is 5.32 Å². The minimum absolute atomic E-state index is 1.01. The van der Waals surface area contributed by atoms with Gasteiger partial charge in [0.25, 0.3) is 0 Å². The number of benzene rings is 1. The Morgan fingerprint density at radius 2 is 1.89 bits per heavy atom. The number of nitrogens with one attached hydrogen (secondary N) is 1. The van der Waals surface area contributed by atoms with Crippen molar-refractivity contribution < 1.29 is 0 Å². The highest BCUT2D eigenvalue weighted by molar-refractivity contribution is 7.12. The third-order valence-electron chi connectivity index (χ3n) is 3.18. The molecule has 0 amide bonds. The van der Waals surface area contributed by atoms with E-state index in [0.29, 0.717) is 0 Å². The highest BCUT2D eigenvalue weighted by Crippen LogP contribution is 2.20. The van der Waals surface area contributed by atoms with Crippen LogP contribution in [0.5, 0.6) is 0 Å². The smallest absolute Gasteiger partial charge is 0.0299 e. The Bertz CT molecular complexity index is 454. The summed E-state index contributed by atoms with van der Waals surface area (Å²) in [4.78, 5) is 2.89. The van der Waals surface area contributed by atoms with Gasteiger partial charge in [0.15, 0.2) is 0 Å². The first-order chi connectivity index (χ1) is 8.75. The van der Waals surface area contributed by atoms with Gasteiger partial charge in [-0.2, -0.15) is 0 Å². The lowest BCUT2D eigenvalue weighted by Crippen LogP contribution is -2.14. The molecule has 2 rings (SSSR count). The van der Waals surface area contributed by atoms with Gasteiger partial charge in [0.1, 0.15) is 0 Å². The van der Waals surface area contributed by atoms with Crippen LogP contribution in [0.4, 0.5) is 0 Å². The van der Waals surface area contributed by atoms with Crippen LogP contribution in [0.1, 0.15) is 27.3 Å². The largest absolute Gasteiger partial charge is 0.312 e. The van der Waals surface area contributed by atoms with Crippen molar-refractivity contribution in [3.63, 3.8) is 0 Å². The van der Waals surface area contributed by atoms with Gasteiger partial charge in [0.2, 0.25) is 0 Å². The Morgan fingerprint density at radius 1 is 1.11 bits per heavy atom. The number of aryl methyl sites for hydroxylation is 3. The lowest BCUT2D eigenvalue weighted by molar-refractivity contribution is 0.654. The van der Waals surface area contributed by atoms with Gasteiger partial charge in [-0.05, 0) is 50.4 Å². The van der Waals surface area contributed by atoms with Gasteiger partial charge in [-0.1, -0.05) is 30.3 Å². The fourth-order valence-electron chi connectivity index (χ4n) is 2.01.